The Morgan fingerprint density at radius 2 is 2.00 bits per heavy atom. The lowest BCUT2D eigenvalue weighted by Gasteiger charge is -2.13. The molecular weight excluding hydrogens is 340 g/mol. The van der Waals surface area contributed by atoms with Gasteiger partial charge in [-0.05, 0) is 25.5 Å². The van der Waals surface area contributed by atoms with Crippen LogP contribution < -0.4 is 10.6 Å². The van der Waals surface area contributed by atoms with Crippen LogP contribution in [0.1, 0.15) is 12.1 Å². The van der Waals surface area contributed by atoms with E-state index in [2.05, 4.69) is 30.6 Å². The van der Waals surface area contributed by atoms with Crippen LogP contribution in [-0.4, -0.2) is 34.0 Å². The SMILES string of the molecule is Cc1ccc(-c2nc(-c3csc(NC4=NCCCN4)n3)cs2)cn1. The fraction of sp³-hybridized carbons (Fsp3) is 0.250. The molecule has 0 amide bonds. The van der Waals surface area contributed by atoms with Gasteiger partial charge in [-0.15, -0.1) is 22.7 Å². The Labute approximate surface area is 147 Å². The summed E-state index contributed by atoms with van der Waals surface area (Å²) in [6, 6.07) is 4.05. The van der Waals surface area contributed by atoms with Crippen molar-refractivity contribution in [1.29, 1.82) is 0 Å². The van der Waals surface area contributed by atoms with Gasteiger partial charge in [-0.2, -0.15) is 0 Å². The van der Waals surface area contributed by atoms with Crippen LogP contribution in [0.3, 0.4) is 0 Å². The first-order valence-corrected chi connectivity index (χ1v) is 9.44. The number of guanidine groups is 1. The standard InChI is InChI=1S/C16H16N6S2/c1-10-3-4-11(7-19-10)14-20-12(8-23-14)13-9-24-16(21-13)22-15-17-5-2-6-18-15/h3-4,7-9H,2,5-6H2,1H3,(H2,17,18,21,22). The minimum Gasteiger partial charge on any atom is -0.356 e. The van der Waals surface area contributed by atoms with Crippen LogP contribution in [0.25, 0.3) is 22.0 Å². The molecule has 0 saturated heterocycles. The molecule has 0 saturated carbocycles. The van der Waals surface area contributed by atoms with Crippen molar-refractivity contribution in [2.45, 2.75) is 13.3 Å². The minimum atomic E-state index is 0.798. The molecule has 24 heavy (non-hydrogen) atoms. The normalized spacial score (nSPS) is 14.1. The molecule has 0 bridgehead atoms. The molecule has 0 aromatic carbocycles. The van der Waals surface area contributed by atoms with Crippen LogP contribution in [0.5, 0.6) is 0 Å². The van der Waals surface area contributed by atoms with Crippen molar-refractivity contribution >= 4 is 33.8 Å². The van der Waals surface area contributed by atoms with Gasteiger partial charge in [0.1, 0.15) is 16.4 Å². The Kier molecular flexibility index (Phi) is 4.22. The maximum Gasteiger partial charge on any atom is 0.197 e. The van der Waals surface area contributed by atoms with Gasteiger partial charge >= 0.3 is 0 Å². The highest BCUT2D eigenvalue weighted by atomic mass is 32.1. The second kappa shape index (κ2) is 6.66. The van der Waals surface area contributed by atoms with Crippen LogP contribution in [-0.2, 0) is 0 Å². The van der Waals surface area contributed by atoms with E-state index in [1.807, 2.05) is 36.0 Å². The lowest BCUT2D eigenvalue weighted by atomic mass is 10.2. The number of rotatable bonds is 3. The molecule has 6 nitrogen and oxygen atoms in total. The monoisotopic (exact) mass is 356 g/mol. The van der Waals surface area contributed by atoms with E-state index in [-0.39, 0.29) is 0 Å². The van der Waals surface area contributed by atoms with Crippen molar-refractivity contribution in [2.24, 2.45) is 4.99 Å². The summed E-state index contributed by atoms with van der Waals surface area (Å²) in [7, 11) is 0. The summed E-state index contributed by atoms with van der Waals surface area (Å²) in [5, 5.41) is 12.3. The number of aromatic nitrogens is 3. The molecule has 0 atom stereocenters. The number of nitrogens with one attached hydrogen (secondary N) is 2. The molecule has 0 spiro atoms. The van der Waals surface area contributed by atoms with E-state index >= 15 is 0 Å². The zero-order valence-electron chi connectivity index (χ0n) is 13.1. The predicted octanol–water partition coefficient (Wildman–Crippen LogP) is 3.40. The molecule has 4 rings (SSSR count). The van der Waals surface area contributed by atoms with Crippen molar-refractivity contribution in [3.63, 3.8) is 0 Å². The van der Waals surface area contributed by atoms with Crippen molar-refractivity contribution in [2.75, 3.05) is 18.4 Å². The average molecular weight is 356 g/mol. The highest BCUT2D eigenvalue weighted by molar-refractivity contribution is 7.14. The van der Waals surface area contributed by atoms with E-state index in [0.29, 0.717) is 0 Å². The molecule has 0 aliphatic carbocycles. The molecule has 122 valence electrons. The number of aryl methyl sites for hydroxylation is 1. The fourth-order valence-corrected chi connectivity index (χ4v) is 3.79. The van der Waals surface area contributed by atoms with E-state index < -0.39 is 0 Å². The largest absolute Gasteiger partial charge is 0.356 e. The Bertz CT molecular complexity index is 865. The van der Waals surface area contributed by atoms with Gasteiger partial charge in [-0.1, -0.05) is 0 Å². The molecule has 0 radical (unpaired) electrons. The number of aliphatic imine (C=N–C) groups is 1. The number of thiazole rings is 2. The predicted molar refractivity (Wildman–Crippen MR) is 99.7 cm³/mol. The molecule has 3 aromatic rings. The third-order valence-corrected chi connectivity index (χ3v) is 5.20. The first kappa shape index (κ1) is 15.2. The Morgan fingerprint density at radius 3 is 2.79 bits per heavy atom. The molecule has 1 aliphatic rings. The maximum absolute atomic E-state index is 4.69. The van der Waals surface area contributed by atoms with Crippen LogP contribution in [0.2, 0.25) is 0 Å². The summed E-state index contributed by atoms with van der Waals surface area (Å²) in [5.74, 6) is 0.798. The first-order chi connectivity index (χ1) is 11.8. The topological polar surface area (TPSA) is 75.1 Å². The average Bonchev–Trinajstić information content (AvgIpc) is 3.26. The van der Waals surface area contributed by atoms with E-state index in [1.165, 1.54) is 0 Å². The maximum atomic E-state index is 4.69. The van der Waals surface area contributed by atoms with E-state index in [1.54, 1.807) is 22.7 Å². The lowest BCUT2D eigenvalue weighted by Crippen LogP contribution is -2.35. The summed E-state index contributed by atoms with van der Waals surface area (Å²) < 4.78 is 0. The van der Waals surface area contributed by atoms with E-state index in [9.17, 15) is 0 Å². The van der Waals surface area contributed by atoms with Gasteiger partial charge in [0.2, 0.25) is 0 Å². The second-order valence-electron chi connectivity index (χ2n) is 5.40. The van der Waals surface area contributed by atoms with E-state index in [0.717, 1.165) is 58.3 Å². The zero-order valence-corrected chi connectivity index (χ0v) is 14.7. The molecular formula is C16H16N6S2. The lowest BCUT2D eigenvalue weighted by molar-refractivity contribution is 0.740. The van der Waals surface area contributed by atoms with Crippen LogP contribution in [0.15, 0.2) is 34.1 Å². The fourth-order valence-electron chi connectivity index (χ4n) is 2.28. The Balaban J connectivity index is 1.52. The molecule has 3 aromatic heterocycles. The van der Waals surface area contributed by atoms with Crippen molar-refractivity contribution in [3.8, 4) is 22.0 Å². The van der Waals surface area contributed by atoms with Gasteiger partial charge in [-0.3, -0.25) is 9.98 Å². The minimum absolute atomic E-state index is 0.798. The smallest absolute Gasteiger partial charge is 0.197 e. The van der Waals surface area contributed by atoms with Crippen LogP contribution >= 0.6 is 22.7 Å². The van der Waals surface area contributed by atoms with Crippen molar-refractivity contribution in [1.82, 2.24) is 20.3 Å². The number of hydrogen-bond acceptors (Lipinski definition) is 8. The summed E-state index contributed by atoms with van der Waals surface area (Å²) in [5.41, 5.74) is 3.80. The molecule has 8 heteroatoms. The summed E-state index contributed by atoms with van der Waals surface area (Å²) in [6.07, 6.45) is 2.93. The number of pyridine rings is 1. The number of anilines is 1. The van der Waals surface area contributed by atoms with Crippen molar-refractivity contribution in [3.05, 3.63) is 34.8 Å². The van der Waals surface area contributed by atoms with E-state index in [4.69, 9.17) is 0 Å². The molecule has 0 fully saturated rings. The highest BCUT2D eigenvalue weighted by Gasteiger charge is 2.12. The number of nitrogens with zero attached hydrogens (tertiary/aromatic N) is 4. The molecule has 4 heterocycles. The van der Waals surface area contributed by atoms with Gasteiger partial charge in [0.15, 0.2) is 11.1 Å². The summed E-state index contributed by atoms with van der Waals surface area (Å²) >= 11 is 3.16. The third-order valence-electron chi connectivity index (χ3n) is 3.55. The first-order valence-electron chi connectivity index (χ1n) is 7.68. The van der Waals surface area contributed by atoms with Gasteiger partial charge in [0, 0.05) is 41.3 Å². The quantitative estimate of drug-likeness (QED) is 0.752. The van der Waals surface area contributed by atoms with Gasteiger partial charge in [0.05, 0.1) is 0 Å². The Morgan fingerprint density at radius 1 is 1.12 bits per heavy atom. The van der Waals surface area contributed by atoms with Gasteiger partial charge < -0.3 is 10.6 Å². The van der Waals surface area contributed by atoms with Gasteiger partial charge in [-0.25, -0.2) is 9.97 Å². The van der Waals surface area contributed by atoms with Crippen molar-refractivity contribution < 1.29 is 0 Å². The van der Waals surface area contributed by atoms with Gasteiger partial charge in [0.25, 0.3) is 0 Å². The molecule has 2 N–H and O–H groups in total. The zero-order chi connectivity index (χ0) is 16.4. The Hall–Kier alpha value is -2.32. The molecule has 1 aliphatic heterocycles. The second-order valence-corrected chi connectivity index (χ2v) is 7.12. The number of hydrogen-bond donors (Lipinski definition) is 2. The third kappa shape index (κ3) is 3.29. The molecule has 0 unspecified atom stereocenters. The van der Waals surface area contributed by atoms with Crippen LogP contribution in [0.4, 0.5) is 5.13 Å². The summed E-state index contributed by atoms with van der Waals surface area (Å²) in [6.45, 7) is 3.78. The highest BCUT2D eigenvalue weighted by Crippen LogP contribution is 2.30. The van der Waals surface area contributed by atoms with Crippen LogP contribution in [0, 0.1) is 6.92 Å². The summed E-state index contributed by atoms with van der Waals surface area (Å²) in [4.78, 5) is 18.0.